The lowest BCUT2D eigenvalue weighted by Crippen LogP contribution is -2.52. The predicted molar refractivity (Wildman–Crippen MR) is 136 cm³/mol. The van der Waals surface area contributed by atoms with E-state index in [1.165, 1.54) is 16.7 Å². The van der Waals surface area contributed by atoms with Gasteiger partial charge in [0.2, 0.25) is 5.91 Å². The van der Waals surface area contributed by atoms with Gasteiger partial charge in [0, 0.05) is 17.5 Å². The van der Waals surface area contributed by atoms with Crippen LogP contribution in [0.25, 0.3) is 0 Å². The van der Waals surface area contributed by atoms with Gasteiger partial charge in [-0.2, -0.15) is 0 Å². The second-order valence-corrected chi connectivity index (χ2v) is 10.9. The van der Waals surface area contributed by atoms with Crippen LogP contribution in [-0.2, 0) is 17.6 Å². The van der Waals surface area contributed by atoms with Gasteiger partial charge in [-0.05, 0) is 119 Å². The first-order valence-electron chi connectivity index (χ1n) is 12.9. The van der Waals surface area contributed by atoms with Gasteiger partial charge in [-0.15, -0.1) is 0 Å². The Labute approximate surface area is 204 Å². The van der Waals surface area contributed by atoms with Crippen molar-refractivity contribution < 1.29 is 15.0 Å². The molecule has 1 heterocycles. The molecule has 1 amide bonds. The van der Waals surface area contributed by atoms with Crippen molar-refractivity contribution in [1.82, 2.24) is 10.2 Å². The molecule has 2 aromatic rings. The second kappa shape index (κ2) is 10.4. The Kier molecular flexibility index (Phi) is 7.51. The van der Waals surface area contributed by atoms with E-state index in [9.17, 15) is 15.0 Å². The number of carbonyl (C=O) groups is 1. The van der Waals surface area contributed by atoms with Crippen LogP contribution in [0.4, 0.5) is 0 Å². The lowest BCUT2D eigenvalue weighted by Gasteiger charge is -2.45. The Hall–Kier alpha value is -2.53. The van der Waals surface area contributed by atoms with Gasteiger partial charge in [0.05, 0.1) is 0 Å². The third-order valence-corrected chi connectivity index (χ3v) is 8.07. The minimum absolute atomic E-state index is 0.00670. The van der Waals surface area contributed by atoms with Gasteiger partial charge in [-0.1, -0.05) is 25.1 Å². The SMILES string of the molecule is CCC(CC(C)(C)N1CCC(c2cccc(O)c2)CC1)NC(=O)C1CCc2cc(O)ccc2C1. The number of benzene rings is 2. The number of fused-ring (bicyclic) bond motifs is 1. The average Bonchev–Trinajstić information content (AvgIpc) is 2.83. The lowest BCUT2D eigenvalue weighted by molar-refractivity contribution is -0.126. The van der Waals surface area contributed by atoms with E-state index in [2.05, 4.69) is 37.1 Å². The molecule has 1 aliphatic carbocycles. The number of nitrogens with one attached hydrogen (secondary N) is 1. The number of hydrogen-bond donors (Lipinski definition) is 3. The molecule has 0 radical (unpaired) electrons. The van der Waals surface area contributed by atoms with Gasteiger partial charge in [-0.25, -0.2) is 0 Å². The van der Waals surface area contributed by atoms with E-state index < -0.39 is 0 Å². The molecule has 34 heavy (non-hydrogen) atoms. The Bertz CT molecular complexity index is 995. The number of amides is 1. The molecule has 4 rings (SSSR count). The minimum Gasteiger partial charge on any atom is -0.508 e. The van der Waals surface area contributed by atoms with Crippen LogP contribution >= 0.6 is 0 Å². The number of hydrogen-bond acceptors (Lipinski definition) is 4. The van der Waals surface area contributed by atoms with E-state index in [-0.39, 0.29) is 23.4 Å². The van der Waals surface area contributed by atoms with Crippen LogP contribution in [0, 0.1) is 5.92 Å². The van der Waals surface area contributed by atoms with E-state index in [4.69, 9.17) is 0 Å². The highest BCUT2D eigenvalue weighted by atomic mass is 16.3. The number of aromatic hydroxyl groups is 2. The van der Waals surface area contributed by atoms with Gasteiger partial charge < -0.3 is 15.5 Å². The number of carbonyl (C=O) groups excluding carboxylic acids is 1. The van der Waals surface area contributed by atoms with Gasteiger partial charge in [-0.3, -0.25) is 9.69 Å². The lowest BCUT2D eigenvalue weighted by atomic mass is 9.82. The number of phenols is 2. The van der Waals surface area contributed by atoms with Crippen LogP contribution in [0.1, 0.15) is 75.5 Å². The van der Waals surface area contributed by atoms with Crippen molar-refractivity contribution in [2.75, 3.05) is 13.1 Å². The summed E-state index contributed by atoms with van der Waals surface area (Å²) in [5.41, 5.74) is 3.60. The standard InChI is InChI=1S/C29H40N2O3/c1-4-25(30-28(34)24-9-8-23-18-27(33)11-10-22(23)16-24)19-29(2,3)31-14-12-20(13-15-31)21-6-5-7-26(32)17-21/h5-7,10-11,17-18,20,24-25,32-33H,4,8-9,12-16,19H2,1-3H3,(H,30,34). The quantitative estimate of drug-likeness (QED) is 0.530. The summed E-state index contributed by atoms with van der Waals surface area (Å²) in [6.45, 7) is 8.83. The molecule has 0 bridgehead atoms. The van der Waals surface area contributed by atoms with Crippen molar-refractivity contribution in [3.63, 3.8) is 0 Å². The maximum Gasteiger partial charge on any atom is 0.223 e. The number of phenolic OH excluding ortho intramolecular Hbond substituents is 2. The number of aryl methyl sites for hydroxylation is 1. The Morgan fingerprint density at radius 3 is 2.50 bits per heavy atom. The van der Waals surface area contributed by atoms with Crippen molar-refractivity contribution in [2.24, 2.45) is 5.92 Å². The van der Waals surface area contributed by atoms with Crippen LogP contribution in [0.15, 0.2) is 42.5 Å². The molecule has 3 N–H and O–H groups in total. The third kappa shape index (κ3) is 5.75. The summed E-state index contributed by atoms with van der Waals surface area (Å²) in [5, 5.41) is 22.9. The summed E-state index contributed by atoms with van der Waals surface area (Å²) in [7, 11) is 0. The molecule has 2 aromatic carbocycles. The molecule has 5 heteroatoms. The van der Waals surface area contributed by atoms with Crippen LogP contribution in [0.3, 0.4) is 0 Å². The number of likely N-dealkylation sites (tertiary alicyclic amines) is 1. The van der Waals surface area contributed by atoms with E-state index in [0.717, 1.165) is 58.0 Å². The van der Waals surface area contributed by atoms with Crippen molar-refractivity contribution in [3.8, 4) is 11.5 Å². The predicted octanol–water partition coefficient (Wildman–Crippen LogP) is 5.15. The van der Waals surface area contributed by atoms with Crippen molar-refractivity contribution >= 4 is 5.91 Å². The Balaban J connectivity index is 1.31. The van der Waals surface area contributed by atoms with Crippen molar-refractivity contribution in [1.29, 1.82) is 0 Å². The molecular formula is C29H40N2O3. The summed E-state index contributed by atoms with van der Waals surface area (Å²) in [4.78, 5) is 15.7. The summed E-state index contributed by atoms with van der Waals surface area (Å²) in [5.74, 6) is 1.33. The highest BCUT2D eigenvalue weighted by Gasteiger charge is 2.34. The molecule has 0 spiro atoms. The van der Waals surface area contributed by atoms with Crippen LogP contribution in [0.5, 0.6) is 11.5 Å². The highest BCUT2D eigenvalue weighted by molar-refractivity contribution is 5.79. The minimum atomic E-state index is 0.00670. The summed E-state index contributed by atoms with van der Waals surface area (Å²) in [6, 6.07) is 13.4. The molecule has 0 saturated carbocycles. The number of piperidine rings is 1. The fraction of sp³-hybridized carbons (Fsp3) is 0.552. The Morgan fingerprint density at radius 1 is 1.06 bits per heavy atom. The first kappa shape index (κ1) is 24.6. The number of rotatable bonds is 7. The van der Waals surface area contributed by atoms with Gasteiger partial charge >= 0.3 is 0 Å². The zero-order valence-electron chi connectivity index (χ0n) is 20.9. The first-order chi connectivity index (χ1) is 16.2. The molecule has 184 valence electrons. The van der Waals surface area contributed by atoms with E-state index in [1.54, 1.807) is 12.1 Å². The molecule has 2 aliphatic rings. The van der Waals surface area contributed by atoms with Gasteiger partial charge in [0.15, 0.2) is 0 Å². The maximum absolute atomic E-state index is 13.1. The average molecular weight is 465 g/mol. The maximum atomic E-state index is 13.1. The molecule has 5 nitrogen and oxygen atoms in total. The van der Waals surface area contributed by atoms with Gasteiger partial charge in [0.25, 0.3) is 0 Å². The fourth-order valence-electron chi connectivity index (χ4n) is 5.91. The largest absolute Gasteiger partial charge is 0.508 e. The molecule has 0 aromatic heterocycles. The molecule has 1 aliphatic heterocycles. The zero-order valence-corrected chi connectivity index (χ0v) is 20.9. The van der Waals surface area contributed by atoms with E-state index in [0.29, 0.717) is 17.4 Å². The van der Waals surface area contributed by atoms with Crippen LogP contribution < -0.4 is 5.32 Å². The molecule has 1 saturated heterocycles. The Morgan fingerprint density at radius 2 is 1.79 bits per heavy atom. The topological polar surface area (TPSA) is 72.8 Å². The molecule has 1 fully saturated rings. The molecule has 2 unspecified atom stereocenters. The summed E-state index contributed by atoms with van der Waals surface area (Å²) < 4.78 is 0. The first-order valence-corrected chi connectivity index (χ1v) is 12.9. The van der Waals surface area contributed by atoms with Crippen LogP contribution in [0.2, 0.25) is 0 Å². The van der Waals surface area contributed by atoms with E-state index >= 15 is 0 Å². The molecule has 2 atom stereocenters. The third-order valence-electron chi connectivity index (χ3n) is 8.07. The highest BCUT2D eigenvalue weighted by Crippen LogP contribution is 2.34. The molecular weight excluding hydrogens is 424 g/mol. The van der Waals surface area contributed by atoms with E-state index in [1.807, 2.05) is 24.3 Å². The summed E-state index contributed by atoms with van der Waals surface area (Å²) in [6.07, 6.45) is 6.47. The fourth-order valence-corrected chi connectivity index (χ4v) is 5.91. The smallest absolute Gasteiger partial charge is 0.223 e. The zero-order chi connectivity index (χ0) is 24.3. The van der Waals surface area contributed by atoms with Crippen molar-refractivity contribution in [2.45, 2.75) is 83.2 Å². The summed E-state index contributed by atoms with van der Waals surface area (Å²) >= 11 is 0. The monoisotopic (exact) mass is 464 g/mol. The normalized spacial score (nSPS) is 20.5. The van der Waals surface area contributed by atoms with Gasteiger partial charge in [0.1, 0.15) is 11.5 Å². The van der Waals surface area contributed by atoms with Crippen molar-refractivity contribution in [3.05, 3.63) is 59.2 Å². The van der Waals surface area contributed by atoms with Crippen LogP contribution in [-0.4, -0.2) is 45.7 Å². The number of nitrogens with zero attached hydrogens (tertiary/aromatic N) is 1. The second-order valence-electron chi connectivity index (χ2n) is 10.9.